The summed E-state index contributed by atoms with van der Waals surface area (Å²) in [5, 5.41) is 42.3. The lowest BCUT2D eigenvalue weighted by Crippen LogP contribution is -2.65. The molecule has 0 aromatic carbocycles. The quantitative estimate of drug-likeness (QED) is 0.0658. The van der Waals surface area contributed by atoms with Crippen molar-refractivity contribution < 1.29 is 70.7 Å². The van der Waals surface area contributed by atoms with Crippen LogP contribution in [-0.2, 0) is 54.9 Å². The summed E-state index contributed by atoms with van der Waals surface area (Å²) in [6, 6.07) is -1.01. The third-order valence-electron chi connectivity index (χ3n) is 3.60. The Kier molecular flexibility index (Phi) is 17.7. The molecule has 1 aliphatic rings. The Bertz CT molecular complexity index is 509. The number of unbranched alkanes of at least 4 members (excludes halogenated alkanes) is 1. The van der Waals surface area contributed by atoms with Gasteiger partial charge in [-0.1, -0.05) is 6.08 Å². The minimum atomic E-state index is -1.17. The number of ether oxygens (including phenoxy) is 2. The number of hydrogen-bond acceptors (Lipinski definition) is 18. The van der Waals surface area contributed by atoms with E-state index in [0.717, 1.165) is 0 Å². The van der Waals surface area contributed by atoms with Gasteiger partial charge in [0.1, 0.15) is 24.4 Å². The van der Waals surface area contributed by atoms with E-state index < -0.39 is 36.6 Å². The van der Waals surface area contributed by atoms with Crippen LogP contribution in [0, 0.1) is 0 Å². The SMILES string of the molecule is C=CCCCO[C@H]1OC(COSOO[O-])[C@@H](OSOO[O-])[C@H](OSOO[O-])C1NC(C)=O. The molecule has 1 saturated heterocycles. The lowest BCUT2D eigenvalue weighted by molar-refractivity contribution is -0.778. The van der Waals surface area contributed by atoms with E-state index in [1.165, 1.54) is 6.92 Å². The summed E-state index contributed by atoms with van der Waals surface area (Å²) < 4.78 is 39.5. The summed E-state index contributed by atoms with van der Waals surface area (Å²) >= 11 is 0.463. The average molecular weight is 526 g/mol. The third kappa shape index (κ3) is 11.7. The van der Waals surface area contributed by atoms with Gasteiger partial charge in [0.05, 0.1) is 13.2 Å². The van der Waals surface area contributed by atoms with Crippen LogP contribution in [0.4, 0.5) is 0 Å². The van der Waals surface area contributed by atoms with E-state index in [9.17, 15) is 20.6 Å². The second-order valence-corrected chi connectivity index (χ2v) is 7.03. The molecule has 188 valence electrons. The van der Waals surface area contributed by atoms with Crippen LogP contribution >= 0.6 is 37.0 Å². The zero-order valence-corrected chi connectivity index (χ0v) is 18.8. The van der Waals surface area contributed by atoms with Crippen molar-refractivity contribution in [3.05, 3.63) is 12.7 Å². The fraction of sp³-hybridized carbons (Fsp3) is 0.769. The van der Waals surface area contributed by atoms with Crippen molar-refractivity contribution in [1.29, 1.82) is 0 Å². The topological polar surface area (TPSA) is 200 Å². The fourth-order valence-electron chi connectivity index (χ4n) is 2.50. The Morgan fingerprint density at radius 1 is 1.06 bits per heavy atom. The van der Waals surface area contributed by atoms with Crippen molar-refractivity contribution in [1.82, 2.24) is 5.32 Å². The molecule has 1 fully saturated rings. The summed E-state index contributed by atoms with van der Waals surface area (Å²) in [6.07, 6.45) is -1.50. The van der Waals surface area contributed by atoms with Crippen molar-refractivity contribution >= 4 is 42.9 Å². The van der Waals surface area contributed by atoms with Crippen LogP contribution < -0.4 is 21.1 Å². The molecule has 1 amide bonds. The van der Waals surface area contributed by atoms with Crippen LogP contribution in [0.25, 0.3) is 0 Å². The highest BCUT2D eigenvalue weighted by atomic mass is 32.2. The molecule has 0 aromatic rings. The highest BCUT2D eigenvalue weighted by Crippen LogP contribution is 2.32. The molecule has 0 radical (unpaired) electrons. The average Bonchev–Trinajstić information content (AvgIpc) is 2.77. The van der Waals surface area contributed by atoms with Gasteiger partial charge in [-0.05, 0) is 12.8 Å². The Balaban J connectivity index is 3.06. The molecule has 0 bridgehead atoms. The van der Waals surface area contributed by atoms with Gasteiger partial charge >= 0.3 is 0 Å². The zero-order valence-electron chi connectivity index (χ0n) is 16.3. The largest absolute Gasteiger partial charge is 0.691 e. The van der Waals surface area contributed by atoms with Crippen LogP contribution in [0.2, 0.25) is 0 Å². The predicted octanol–water partition coefficient (Wildman–Crippen LogP) is -1.65. The van der Waals surface area contributed by atoms with Crippen molar-refractivity contribution in [3.8, 4) is 0 Å². The van der Waals surface area contributed by atoms with E-state index in [1.807, 2.05) is 0 Å². The molecule has 16 nitrogen and oxygen atoms in total. The molecule has 5 atom stereocenters. The minimum Gasteiger partial charge on any atom is -0.691 e. The van der Waals surface area contributed by atoms with Gasteiger partial charge in [0.25, 0.3) is 0 Å². The van der Waals surface area contributed by atoms with E-state index in [1.54, 1.807) is 6.08 Å². The number of nitrogens with one attached hydrogen (secondary N) is 1. The molecular weight excluding hydrogens is 506 g/mol. The number of carbonyl (C=O) groups is 1. The minimum absolute atomic E-state index is 0.126. The Hall–Kier alpha value is -0.300. The van der Waals surface area contributed by atoms with E-state index >= 15 is 0 Å². The van der Waals surface area contributed by atoms with Crippen molar-refractivity contribution in [2.45, 2.75) is 50.4 Å². The lowest BCUT2D eigenvalue weighted by atomic mass is 9.97. The van der Waals surface area contributed by atoms with E-state index in [4.69, 9.17) is 22.0 Å². The summed E-state index contributed by atoms with van der Waals surface area (Å²) in [7, 11) is 0. The molecular formula is C13H20NO15S3-3. The molecule has 32 heavy (non-hydrogen) atoms. The zero-order chi connectivity index (χ0) is 23.6. The summed E-state index contributed by atoms with van der Waals surface area (Å²) in [6.45, 7) is 4.77. The van der Waals surface area contributed by atoms with Gasteiger partial charge < -0.3 is 30.6 Å². The molecule has 1 heterocycles. The van der Waals surface area contributed by atoms with Crippen LogP contribution in [0.3, 0.4) is 0 Å². The second kappa shape index (κ2) is 19.1. The maximum atomic E-state index is 11.8. The van der Waals surface area contributed by atoms with E-state index in [0.29, 0.717) is 12.8 Å². The maximum Gasteiger partial charge on any atom is 0.217 e. The lowest BCUT2D eigenvalue weighted by Gasteiger charge is -2.44. The second-order valence-electron chi connectivity index (χ2n) is 5.59. The maximum absolute atomic E-state index is 11.8. The van der Waals surface area contributed by atoms with E-state index in [2.05, 4.69) is 40.0 Å². The summed E-state index contributed by atoms with van der Waals surface area (Å²) in [5.41, 5.74) is 0. The smallest absolute Gasteiger partial charge is 0.217 e. The normalized spacial score (nSPS) is 25.6. The molecule has 0 aliphatic carbocycles. The van der Waals surface area contributed by atoms with Gasteiger partial charge in [0.15, 0.2) is 43.3 Å². The van der Waals surface area contributed by atoms with Gasteiger partial charge in [-0.2, -0.15) is 0 Å². The van der Waals surface area contributed by atoms with Crippen molar-refractivity contribution in [3.63, 3.8) is 0 Å². The van der Waals surface area contributed by atoms with Crippen molar-refractivity contribution in [2.24, 2.45) is 0 Å². The van der Waals surface area contributed by atoms with Crippen LogP contribution in [-0.4, -0.2) is 49.8 Å². The number of carbonyl (C=O) groups excluding carboxylic acids is 1. The molecule has 2 unspecified atom stereocenters. The highest BCUT2D eigenvalue weighted by Gasteiger charge is 2.50. The monoisotopic (exact) mass is 526 g/mol. The third-order valence-corrected chi connectivity index (χ3v) is 4.77. The Labute approximate surface area is 195 Å². The van der Waals surface area contributed by atoms with Crippen LogP contribution in [0.5, 0.6) is 0 Å². The fourth-order valence-corrected chi connectivity index (χ4v) is 3.50. The van der Waals surface area contributed by atoms with Gasteiger partial charge in [0.2, 0.25) is 5.91 Å². The van der Waals surface area contributed by atoms with Crippen LogP contribution in [0.15, 0.2) is 12.7 Å². The van der Waals surface area contributed by atoms with Crippen LogP contribution in [0.1, 0.15) is 19.8 Å². The van der Waals surface area contributed by atoms with Gasteiger partial charge in [0, 0.05) is 6.92 Å². The molecule has 1 N–H and O–H groups in total. The number of hydrogen-bond donors (Lipinski definition) is 1. The Morgan fingerprint density at radius 3 is 2.28 bits per heavy atom. The molecule has 0 saturated carbocycles. The standard InChI is InChI=1S/C13H23NO15S3/c1-3-4-5-6-19-13-10(14-8(2)15)12(23-32-29-26-18)11(22-31-28-25-17)9(21-13)7-20-30-27-24-16/h3,9-13,16-18H,1,4-7H2,2H3,(H,14,15)/p-3/t9?,10?,11-,12-,13+/m1/s1. The number of amides is 1. The van der Waals surface area contributed by atoms with E-state index in [-0.39, 0.29) is 50.2 Å². The number of allylic oxidation sites excluding steroid dienone is 1. The summed E-state index contributed by atoms with van der Waals surface area (Å²) in [5.74, 6) is -0.477. The number of rotatable bonds is 19. The molecule has 0 spiro atoms. The Morgan fingerprint density at radius 2 is 1.69 bits per heavy atom. The molecule has 19 heteroatoms. The molecule has 1 rings (SSSR count). The van der Waals surface area contributed by atoms with Crippen molar-refractivity contribution in [2.75, 3.05) is 13.2 Å². The summed E-state index contributed by atoms with van der Waals surface area (Å²) in [4.78, 5) is 11.8. The predicted molar refractivity (Wildman–Crippen MR) is 96.6 cm³/mol. The molecule has 1 aliphatic heterocycles. The molecule has 0 aromatic heterocycles. The first kappa shape index (κ1) is 29.7. The van der Waals surface area contributed by atoms with Gasteiger partial charge in [-0.3, -0.25) is 32.5 Å². The first-order chi connectivity index (χ1) is 15.6. The highest BCUT2D eigenvalue weighted by molar-refractivity contribution is 7.90. The van der Waals surface area contributed by atoms with Gasteiger partial charge in [-0.15, -0.1) is 19.6 Å². The first-order valence-corrected chi connectivity index (χ1v) is 10.6. The van der Waals surface area contributed by atoms with Gasteiger partial charge in [-0.25, -0.2) is 0 Å². The first-order valence-electron chi connectivity index (χ1n) is 8.56.